The van der Waals surface area contributed by atoms with Crippen molar-refractivity contribution in [3.63, 3.8) is 0 Å². The molecule has 0 aliphatic rings. The summed E-state index contributed by atoms with van der Waals surface area (Å²) < 4.78 is 56.0. The van der Waals surface area contributed by atoms with Gasteiger partial charge in [-0.3, -0.25) is 4.79 Å². The van der Waals surface area contributed by atoms with Crippen molar-refractivity contribution in [2.45, 2.75) is 6.61 Å². The molecular weight excluding hydrogens is 356 g/mol. The zero-order valence-corrected chi connectivity index (χ0v) is 12.9. The number of nitrogens with one attached hydrogen (secondary N) is 1. The second-order valence-electron chi connectivity index (χ2n) is 5.00. The van der Waals surface area contributed by atoms with Crippen molar-refractivity contribution < 1.29 is 27.1 Å². The fraction of sp³-hybridized carbons (Fsp3) is 0.0625. The predicted molar refractivity (Wildman–Crippen MR) is 82.3 cm³/mol. The zero-order valence-electron chi connectivity index (χ0n) is 12.9. The van der Waals surface area contributed by atoms with Gasteiger partial charge in [0.2, 0.25) is 5.82 Å². The van der Waals surface area contributed by atoms with Crippen LogP contribution in [-0.4, -0.2) is 27.3 Å². The average Bonchev–Trinajstić information content (AvgIpc) is 3.04. The fourth-order valence-electron chi connectivity index (χ4n) is 2.08. The Labute approximate surface area is 144 Å². The minimum Gasteiger partial charge on any atom is -0.435 e. The number of rotatable bonds is 5. The molecule has 0 unspecified atom stereocenters. The lowest BCUT2D eigenvalue weighted by molar-refractivity contribution is -0.0498. The lowest BCUT2D eigenvalue weighted by Gasteiger charge is -2.05. The molecule has 0 spiro atoms. The third-order valence-electron chi connectivity index (χ3n) is 3.14. The van der Waals surface area contributed by atoms with E-state index in [9.17, 15) is 22.4 Å². The van der Waals surface area contributed by atoms with Gasteiger partial charge in [-0.15, -0.1) is 5.10 Å². The molecule has 0 atom stereocenters. The highest BCUT2D eigenvalue weighted by atomic mass is 19.3. The van der Waals surface area contributed by atoms with E-state index in [-0.39, 0.29) is 17.3 Å². The lowest BCUT2D eigenvalue weighted by atomic mass is 10.3. The number of halogens is 4. The molecule has 134 valence electrons. The fourth-order valence-corrected chi connectivity index (χ4v) is 2.08. The van der Waals surface area contributed by atoms with Crippen LogP contribution in [-0.2, 0) is 0 Å². The maximum atomic E-state index is 13.1. The van der Waals surface area contributed by atoms with Crippen LogP contribution in [0.25, 0.3) is 5.69 Å². The van der Waals surface area contributed by atoms with Gasteiger partial charge < -0.3 is 10.1 Å². The van der Waals surface area contributed by atoms with Crippen LogP contribution in [0.5, 0.6) is 5.75 Å². The Morgan fingerprint density at radius 2 is 1.73 bits per heavy atom. The van der Waals surface area contributed by atoms with Gasteiger partial charge in [0, 0.05) is 11.8 Å². The number of nitrogens with zero attached hydrogens (tertiary/aromatic N) is 3. The molecule has 3 rings (SSSR count). The molecule has 1 aromatic heterocycles. The normalized spacial score (nSPS) is 10.8. The van der Waals surface area contributed by atoms with E-state index in [1.165, 1.54) is 35.3 Å². The van der Waals surface area contributed by atoms with Crippen molar-refractivity contribution in [1.29, 1.82) is 0 Å². The summed E-state index contributed by atoms with van der Waals surface area (Å²) >= 11 is 0. The third kappa shape index (κ3) is 4.15. The first kappa shape index (κ1) is 17.4. The molecular formula is C16H10F4N4O2. The quantitative estimate of drug-likeness (QED) is 0.703. The molecule has 0 aliphatic heterocycles. The van der Waals surface area contributed by atoms with Crippen molar-refractivity contribution in [2.24, 2.45) is 0 Å². The van der Waals surface area contributed by atoms with E-state index in [2.05, 4.69) is 20.1 Å². The van der Waals surface area contributed by atoms with Crippen molar-refractivity contribution in [1.82, 2.24) is 14.8 Å². The summed E-state index contributed by atoms with van der Waals surface area (Å²) in [6.07, 6.45) is 1.23. The largest absolute Gasteiger partial charge is 0.435 e. The Bertz CT molecular complexity index is 908. The number of carbonyl (C=O) groups excluding carboxylic acids is 1. The molecule has 0 saturated heterocycles. The molecule has 2 aromatic carbocycles. The smallest absolute Gasteiger partial charge is 0.387 e. The van der Waals surface area contributed by atoms with Crippen LogP contribution in [0, 0.1) is 11.6 Å². The molecule has 0 radical (unpaired) electrons. The molecule has 1 heterocycles. The summed E-state index contributed by atoms with van der Waals surface area (Å²) in [5.41, 5.74) is 0.354. The van der Waals surface area contributed by atoms with Gasteiger partial charge in [-0.25, -0.2) is 18.4 Å². The van der Waals surface area contributed by atoms with E-state index in [1.807, 2.05) is 0 Å². The van der Waals surface area contributed by atoms with Gasteiger partial charge in [-0.05, 0) is 36.4 Å². The number of ether oxygens (including phenoxy) is 1. The van der Waals surface area contributed by atoms with E-state index >= 15 is 0 Å². The number of aromatic nitrogens is 3. The van der Waals surface area contributed by atoms with E-state index in [0.717, 1.165) is 12.1 Å². The summed E-state index contributed by atoms with van der Waals surface area (Å²) in [7, 11) is 0. The van der Waals surface area contributed by atoms with Crippen LogP contribution in [0.2, 0.25) is 0 Å². The molecule has 0 fully saturated rings. The van der Waals surface area contributed by atoms with E-state index in [0.29, 0.717) is 11.8 Å². The number of hydrogen-bond donors (Lipinski definition) is 1. The molecule has 1 N–H and O–H groups in total. The third-order valence-corrected chi connectivity index (χ3v) is 3.14. The topological polar surface area (TPSA) is 69.0 Å². The highest BCUT2D eigenvalue weighted by molar-refractivity contribution is 6.01. The van der Waals surface area contributed by atoms with E-state index in [1.54, 1.807) is 0 Å². The predicted octanol–water partition coefficient (Wildman–Crippen LogP) is 3.40. The summed E-state index contributed by atoms with van der Waals surface area (Å²) in [5.74, 6) is -2.74. The van der Waals surface area contributed by atoms with Gasteiger partial charge >= 0.3 is 6.61 Å². The lowest BCUT2D eigenvalue weighted by Crippen LogP contribution is -2.14. The Balaban J connectivity index is 1.73. The Hall–Kier alpha value is -3.43. The second-order valence-corrected chi connectivity index (χ2v) is 5.00. The Morgan fingerprint density at radius 1 is 1.08 bits per heavy atom. The molecule has 1 amide bonds. The maximum Gasteiger partial charge on any atom is 0.387 e. The number of hydrogen-bond acceptors (Lipinski definition) is 4. The van der Waals surface area contributed by atoms with Crippen molar-refractivity contribution >= 4 is 11.6 Å². The molecule has 26 heavy (non-hydrogen) atoms. The molecule has 0 aliphatic carbocycles. The maximum absolute atomic E-state index is 13.1. The highest BCUT2D eigenvalue weighted by Crippen LogP contribution is 2.17. The first-order valence-electron chi connectivity index (χ1n) is 7.15. The number of alkyl halides is 2. The Morgan fingerprint density at radius 3 is 2.35 bits per heavy atom. The summed E-state index contributed by atoms with van der Waals surface area (Å²) in [6.45, 7) is -2.94. The van der Waals surface area contributed by atoms with Crippen LogP contribution in [0.1, 0.15) is 10.6 Å². The summed E-state index contributed by atoms with van der Waals surface area (Å²) in [6, 6.07) is 8.05. The number of benzene rings is 2. The van der Waals surface area contributed by atoms with Gasteiger partial charge in [-0.1, -0.05) is 0 Å². The summed E-state index contributed by atoms with van der Waals surface area (Å²) in [4.78, 5) is 15.9. The van der Waals surface area contributed by atoms with E-state index in [4.69, 9.17) is 0 Å². The molecule has 6 nitrogen and oxygen atoms in total. The van der Waals surface area contributed by atoms with Gasteiger partial charge in [0.1, 0.15) is 23.7 Å². The first-order chi connectivity index (χ1) is 12.4. The van der Waals surface area contributed by atoms with Gasteiger partial charge in [0.25, 0.3) is 5.91 Å². The minimum atomic E-state index is -2.94. The van der Waals surface area contributed by atoms with Gasteiger partial charge in [-0.2, -0.15) is 8.78 Å². The van der Waals surface area contributed by atoms with Gasteiger partial charge in [0.15, 0.2) is 0 Å². The van der Waals surface area contributed by atoms with Crippen LogP contribution >= 0.6 is 0 Å². The second kappa shape index (κ2) is 7.21. The van der Waals surface area contributed by atoms with Crippen molar-refractivity contribution in [2.75, 3.05) is 5.32 Å². The van der Waals surface area contributed by atoms with Crippen LogP contribution in [0.3, 0.4) is 0 Å². The van der Waals surface area contributed by atoms with Crippen LogP contribution in [0.15, 0.2) is 48.8 Å². The number of carbonyl (C=O) groups is 1. The standard InChI is InChI=1S/C16H10F4N4O2/c17-9-5-10(18)7-11(6-9)22-15(25)14-21-8-24(23-14)12-1-3-13(4-2-12)26-16(19)20/h1-8,16H,(H,22,25). The highest BCUT2D eigenvalue weighted by Gasteiger charge is 2.14. The van der Waals surface area contributed by atoms with Gasteiger partial charge in [0.05, 0.1) is 5.69 Å². The van der Waals surface area contributed by atoms with Crippen LogP contribution in [0.4, 0.5) is 23.2 Å². The van der Waals surface area contributed by atoms with Crippen molar-refractivity contribution in [3.8, 4) is 11.4 Å². The van der Waals surface area contributed by atoms with E-state index < -0.39 is 24.2 Å². The molecule has 10 heteroatoms. The molecule has 0 bridgehead atoms. The molecule has 0 saturated carbocycles. The Kier molecular flexibility index (Phi) is 4.83. The monoisotopic (exact) mass is 366 g/mol. The zero-order chi connectivity index (χ0) is 18.7. The molecule has 3 aromatic rings. The van der Waals surface area contributed by atoms with Crippen molar-refractivity contribution in [3.05, 3.63) is 66.3 Å². The van der Waals surface area contributed by atoms with Crippen LogP contribution < -0.4 is 10.1 Å². The number of amides is 1. The summed E-state index contributed by atoms with van der Waals surface area (Å²) in [5, 5.41) is 6.20. The first-order valence-corrected chi connectivity index (χ1v) is 7.15. The number of anilines is 1. The average molecular weight is 366 g/mol. The minimum absolute atomic E-state index is 0.0324. The SMILES string of the molecule is O=C(Nc1cc(F)cc(F)c1)c1ncn(-c2ccc(OC(F)F)cc2)n1.